The van der Waals surface area contributed by atoms with E-state index in [0.29, 0.717) is 0 Å². The highest BCUT2D eigenvalue weighted by Gasteiger charge is 2.15. The van der Waals surface area contributed by atoms with E-state index >= 15 is 0 Å². The van der Waals surface area contributed by atoms with Gasteiger partial charge in [0.25, 0.3) is 0 Å². The summed E-state index contributed by atoms with van der Waals surface area (Å²) in [6.07, 6.45) is -0.512. The molecule has 2 atom stereocenters. The first-order chi connectivity index (χ1) is 5.52. The zero-order valence-electron chi connectivity index (χ0n) is 7.76. The number of aromatic nitrogens is 1. The number of aryl methyl sites for hydroxylation is 2. The third-order valence-corrected chi connectivity index (χ3v) is 2.04. The number of aliphatic hydroxyl groups excluding tert-OH is 1. The summed E-state index contributed by atoms with van der Waals surface area (Å²) in [6, 6.07) is 1.72. The lowest BCUT2D eigenvalue weighted by Gasteiger charge is -2.14. The lowest BCUT2D eigenvalue weighted by molar-refractivity contribution is 0.162. The van der Waals surface area contributed by atoms with Gasteiger partial charge in [-0.2, -0.15) is 0 Å². The van der Waals surface area contributed by atoms with Gasteiger partial charge in [0, 0.05) is 11.4 Å². The van der Waals surface area contributed by atoms with Crippen molar-refractivity contribution < 1.29 is 5.11 Å². The first-order valence-corrected chi connectivity index (χ1v) is 4.12. The average Bonchev–Trinajstić information content (AvgIpc) is 2.28. The summed E-state index contributed by atoms with van der Waals surface area (Å²) < 4.78 is 0. The van der Waals surface area contributed by atoms with Gasteiger partial charge in [-0.25, -0.2) is 0 Å². The highest BCUT2D eigenvalue weighted by Crippen LogP contribution is 2.18. The molecule has 0 aliphatic rings. The molecule has 1 aromatic heterocycles. The number of aliphatic hydroxyl groups is 1. The summed E-state index contributed by atoms with van der Waals surface area (Å²) in [7, 11) is 0. The van der Waals surface area contributed by atoms with Gasteiger partial charge in [0.1, 0.15) is 0 Å². The molecule has 0 aliphatic carbocycles. The van der Waals surface area contributed by atoms with Gasteiger partial charge >= 0.3 is 0 Å². The molecule has 0 aliphatic heterocycles. The van der Waals surface area contributed by atoms with Gasteiger partial charge in [-0.15, -0.1) is 0 Å². The van der Waals surface area contributed by atoms with Crippen LogP contribution in [0.4, 0.5) is 0 Å². The summed E-state index contributed by atoms with van der Waals surface area (Å²) in [4.78, 5) is 3.14. The van der Waals surface area contributed by atoms with Crippen molar-refractivity contribution in [1.29, 1.82) is 0 Å². The van der Waals surface area contributed by atoms with Crippen LogP contribution in [0.5, 0.6) is 0 Å². The van der Waals surface area contributed by atoms with Crippen LogP contribution < -0.4 is 5.73 Å². The number of aromatic amines is 1. The number of rotatable bonds is 2. The van der Waals surface area contributed by atoms with Gasteiger partial charge in [0.05, 0.1) is 12.1 Å². The maximum Gasteiger partial charge on any atom is 0.0719 e. The van der Waals surface area contributed by atoms with Crippen LogP contribution in [-0.2, 0) is 0 Å². The van der Waals surface area contributed by atoms with E-state index < -0.39 is 6.10 Å². The topological polar surface area (TPSA) is 62.0 Å². The largest absolute Gasteiger partial charge is 0.391 e. The van der Waals surface area contributed by atoms with Crippen molar-refractivity contribution in [3.05, 3.63) is 23.0 Å². The number of nitrogens with one attached hydrogen (secondary N) is 1. The molecule has 1 aromatic rings. The van der Waals surface area contributed by atoms with Crippen LogP contribution in [0.1, 0.15) is 29.9 Å². The fourth-order valence-corrected chi connectivity index (χ4v) is 1.34. The second kappa shape index (κ2) is 3.29. The molecule has 0 saturated carbocycles. The molecule has 1 heterocycles. The molecule has 0 bridgehead atoms. The predicted octanol–water partition coefficient (Wildman–Crippen LogP) is 1.01. The molecular formula is C9H16N2O. The van der Waals surface area contributed by atoms with Crippen molar-refractivity contribution >= 4 is 0 Å². The Balaban J connectivity index is 2.94. The monoisotopic (exact) mass is 168 g/mol. The van der Waals surface area contributed by atoms with Crippen LogP contribution in [-0.4, -0.2) is 16.2 Å². The van der Waals surface area contributed by atoms with Gasteiger partial charge < -0.3 is 15.8 Å². The fraction of sp³-hybridized carbons (Fsp3) is 0.556. The van der Waals surface area contributed by atoms with Crippen LogP contribution in [0, 0.1) is 13.8 Å². The Kier molecular flexibility index (Phi) is 2.55. The molecule has 0 unspecified atom stereocenters. The standard InChI is InChI=1S/C9H16N2O/c1-5-4-6(2)11-9(5)8(10)7(3)12/h4,7-8,11-12H,10H2,1-3H3/t7-,8+/m1/s1. The molecule has 3 heteroatoms. The Labute approximate surface area is 72.6 Å². The molecule has 0 radical (unpaired) electrons. The van der Waals surface area contributed by atoms with Gasteiger partial charge in [-0.1, -0.05) is 0 Å². The molecule has 0 saturated heterocycles. The van der Waals surface area contributed by atoms with Crippen molar-refractivity contribution in [2.24, 2.45) is 5.73 Å². The minimum atomic E-state index is -0.512. The molecule has 0 aromatic carbocycles. The lowest BCUT2D eigenvalue weighted by atomic mass is 10.1. The molecule has 0 spiro atoms. The third-order valence-electron chi connectivity index (χ3n) is 2.04. The molecule has 1 rings (SSSR count). The normalized spacial score (nSPS) is 16.1. The van der Waals surface area contributed by atoms with E-state index in [1.165, 1.54) is 0 Å². The van der Waals surface area contributed by atoms with E-state index in [-0.39, 0.29) is 6.04 Å². The zero-order chi connectivity index (χ0) is 9.30. The Morgan fingerprint density at radius 3 is 2.42 bits per heavy atom. The van der Waals surface area contributed by atoms with Crippen molar-refractivity contribution in [2.45, 2.75) is 32.9 Å². The predicted molar refractivity (Wildman–Crippen MR) is 48.9 cm³/mol. The van der Waals surface area contributed by atoms with Crippen LogP contribution in [0.2, 0.25) is 0 Å². The van der Waals surface area contributed by atoms with E-state index in [1.54, 1.807) is 6.92 Å². The van der Waals surface area contributed by atoms with Gasteiger partial charge in [-0.05, 0) is 32.4 Å². The molecule has 3 nitrogen and oxygen atoms in total. The van der Waals surface area contributed by atoms with E-state index in [0.717, 1.165) is 17.0 Å². The van der Waals surface area contributed by atoms with Crippen LogP contribution in [0.3, 0.4) is 0 Å². The highest BCUT2D eigenvalue weighted by molar-refractivity contribution is 5.26. The van der Waals surface area contributed by atoms with E-state index in [2.05, 4.69) is 4.98 Å². The Hall–Kier alpha value is -0.800. The Morgan fingerprint density at radius 1 is 1.50 bits per heavy atom. The van der Waals surface area contributed by atoms with Crippen LogP contribution >= 0.6 is 0 Å². The molecule has 0 fully saturated rings. The second-order valence-corrected chi connectivity index (χ2v) is 3.32. The maximum atomic E-state index is 9.26. The highest BCUT2D eigenvalue weighted by atomic mass is 16.3. The quantitative estimate of drug-likeness (QED) is 0.617. The second-order valence-electron chi connectivity index (χ2n) is 3.32. The Bertz CT molecular complexity index is 265. The number of hydrogen-bond donors (Lipinski definition) is 3. The number of hydrogen-bond acceptors (Lipinski definition) is 2. The summed E-state index contributed by atoms with van der Waals surface area (Å²) in [5.41, 5.74) is 8.90. The minimum Gasteiger partial charge on any atom is -0.391 e. The molecule has 4 N–H and O–H groups in total. The summed E-state index contributed by atoms with van der Waals surface area (Å²) >= 11 is 0. The first kappa shape index (κ1) is 9.29. The summed E-state index contributed by atoms with van der Waals surface area (Å²) in [5.74, 6) is 0. The van der Waals surface area contributed by atoms with Crippen molar-refractivity contribution in [3.8, 4) is 0 Å². The summed E-state index contributed by atoms with van der Waals surface area (Å²) in [6.45, 7) is 5.66. The molecule has 0 amide bonds. The first-order valence-electron chi connectivity index (χ1n) is 4.12. The Morgan fingerprint density at radius 2 is 2.08 bits per heavy atom. The van der Waals surface area contributed by atoms with E-state index in [9.17, 15) is 5.11 Å². The SMILES string of the molecule is Cc1cc(C)c([C@@H](N)[C@@H](C)O)[nH]1. The van der Waals surface area contributed by atoms with Crippen LogP contribution in [0.15, 0.2) is 6.07 Å². The van der Waals surface area contributed by atoms with E-state index in [1.807, 2.05) is 19.9 Å². The zero-order valence-corrected chi connectivity index (χ0v) is 7.76. The third kappa shape index (κ3) is 1.68. The smallest absolute Gasteiger partial charge is 0.0719 e. The lowest BCUT2D eigenvalue weighted by Crippen LogP contribution is -2.24. The van der Waals surface area contributed by atoms with Gasteiger partial charge in [0.15, 0.2) is 0 Å². The van der Waals surface area contributed by atoms with Crippen molar-refractivity contribution in [3.63, 3.8) is 0 Å². The molecular weight excluding hydrogens is 152 g/mol. The van der Waals surface area contributed by atoms with Crippen molar-refractivity contribution in [1.82, 2.24) is 4.98 Å². The number of nitrogens with two attached hydrogens (primary N) is 1. The van der Waals surface area contributed by atoms with Gasteiger partial charge in [0.2, 0.25) is 0 Å². The summed E-state index contributed by atoms with van der Waals surface area (Å²) in [5, 5.41) is 9.26. The molecule has 68 valence electrons. The average molecular weight is 168 g/mol. The molecule has 12 heavy (non-hydrogen) atoms. The van der Waals surface area contributed by atoms with Crippen LogP contribution in [0.25, 0.3) is 0 Å². The minimum absolute atomic E-state index is 0.307. The maximum absolute atomic E-state index is 9.26. The van der Waals surface area contributed by atoms with Crippen molar-refractivity contribution in [2.75, 3.05) is 0 Å². The fourth-order valence-electron chi connectivity index (χ4n) is 1.34. The van der Waals surface area contributed by atoms with Gasteiger partial charge in [-0.3, -0.25) is 0 Å². The number of H-pyrrole nitrogens is 1. The van der Waals surface area contributed by atoms with E-state index in [4.69, 9.17) is 5.73 Å².